The number of carbonyl (C=O) groups excluding carboxylic acids is 1. The maximum absolute atomic E-state index is 13.7. The van der Waals surface area contributed by atoms with E-state index in [9.17, 15) is 9.18 Å². The molecule has 0 saturated heterocycles. The second-order valence-corrected chi connectivity index (χ2v) is 4.86. The van der Waals surface area contributed by atoms with Crippen LogP contribution in [0.5, 0.6) is 0 Å². The highest BCUT2D eigenvalue weighted by atomic mass is 19.1. The summed E-state index contributed by atoms with van der Waals surface area (Å²) >= 11 is 0. The molecule has 5 heteroatoms. The molecule has 2 unspecified atom stereocenters. The second kappa shape index (κ2) is 6.12. The minimum Gasteiger partial charge on any atom is -0.380 e. The van der Waals surface area contributed by atoms with Gasteiger partial charge in [0.05, 0.1) is 6.10 Å². The van der Waals surface area contributed by atoms with Gasteiger partial charge in [-0.3, -0.25) is 4.79 Å². The normalized spacial score (nSPS) is 22.6. The van der Waals surface area contributed by atoms with Gasteiger partial charge < -0.3 is 15.8 Å². The molecule has 1 fully saturated rings. The van der Waals surface area contributed by atoms with Crippen molar-refractivity contribution in [3.8, 4) is 0 Å². The lowest BCUT2D eigenvalue weighted by atomic mass is 10.1. The van der Waals surface area contributed by atoms with E-state index in [0.29, 0.717) is 17.7 Å². The SMILES string of the molecule is COC1CCCC1NCc1cc(C(N)=O)ccc1F. The Bertz CT molecular complexity index is 465. The van der Waals surface area contributed by atoms with Crippen LogP contribution in [0.15, 0.2) is 18.2 Å². The van der Waals surface area contributed by atoms with Crippen LogP contribution >= 0.6 is 0 Å². The maximum atomic E-state index is 13.7. The van der Waals surface area contributed by atoms with Crippen molar-refractivity contribution >= 4 is 5.91 Å². The van der Waals surface area contributed by atoms with Crippen molar-refractivity contribution in [1.29, 1.82) is 0 Å². The smallest absolute Gasteiger partial charge is 0.248 e. The van der Waals surface area contributed by atoms with Crippen LogP contribution in [0, 0.1) is 5.82 Å². The Morgan fingerprint density at radius 2 is 2.32 bits per heavy atom. The van der Waals surface area contributed by atoms with Crippen LogP contribution in [0.1, 0.15) is 35.2 Å². The maximum Gasteiger partial charge on any atom is 0.248 e. The standard InChI is InChI=1S/C14H19FN2O2/c1-19-13-4-2-3-12(13)17-8-10-7-9(14(16)18)5-6-11(10)15/h5-7,12-13,17H,2-4,8H2,1H3,(H2,16,18). The minimum absolute atomic E-state index is 0.183. The Hall–Kier alpha value is -1.46. The number of nitrogens with two attached hydrogens (primary N) is 1. The van der Waals surface area contributed by atoms with Crippen LogP contribution in [-0.2, 0) is 11.3 Å². The van der Waals surface area contributed by atoms with Gasteiger partial charge in [-0.15, -0.1) is 0 Å². The molecular weight excluding hydrogens is 247 g/mol. The number of rotatable bonds is 5. The van der Waals surface area contributed by atoms with E-state index in [-0.39, 0.29) is 18.0 Å². The average molecular weight is 266 g/mol. The highest BCUT2D eigenvalue weighted by Gasteiger charge is 2.26. The lowest BCUT2D eigenvalue weighted by Crippen LogP contribution is -2.36. The average Bonchev–Trinajstić information content (AvgIpc) is 2.85. The van der Waals surface area contributed by atoms with Crippen molar-refractivity contribution in [2.45, 2.75) is 38.0 Å². The van der Waals surface area contributed by atoms with Crippen LogP contribution in [0.4, 0.5) is 4.39 Å². The van der Waals surface area contributed by atoms with E-state index >= 15 is 0 Å². The zero-order valence-electron chi connectivity index (χ0n) is 11.0. The van der Waals surface area contributed by atoms with E-state index in [1.54, 1.807) is 7.11 Å². The van der Waals surface area contributed by atoms with Crippen LogP contribution in [-0.4, -0.2) is 25.2 Å². The lowest BCUT2D eigenvalue weighted by Gasteiger charge is -2.20. The van der Waals surface area contributed by atoms with Gasteiger partial charge in [0.15, 0.2) is 0 Å². The van der Waals surface area contributed by atoms with E-state index in [0.717, 1.165) is 19.3 Å². The van der Waals surface area contributed by atoms with Crippen LogP contribution in [0.3, 0.4) is 0 Å². The molecule has 0 bridgehead atoms. The zero-order chi connectivity index (χ0) is 13.8. The number of nitrogens with one attached hydrogen (secondary N) is 1. The summed E-state index contributed by atoms with van der Waals surface area (Å²) < 4.78 is 19.0. The largest absolute Gasteiger partial charge is 0.380 e. The van der Waals surface area contributed by atoms with E-state index in [2.05, 4.69) is 5.32 Å². The molecule has 1 aromatic rings. The van der Waals surface area contributed by atoms with Gasteiger partial charge >= 0.3 is 0 Å². The van der Waals surface area contributed by atoms with Crippen molar-refractivity contribution in [3.63, 3.8) is 0 Å². The second-order valence-electron chi connectivity index (χ2n) is 4.86. The van der Waals surface area contributed by atoms with Crippen LogP contribution < -0.4 is 11.1 Å². The lowest BCUT2D eigenvalue weighted by molar-refractivity contribution is 0.0846. The summed E-state index contributed by atoms with van der Waals surface area (Å²) in [5.41, 5.74) is 5.98. The molecule has 2 atom stereocenters. The third kappa shape index (κ3) is 3.30. The summed E-state index contributed by atoms with van der Waals surface area (Å²) in [4.78, 5) is 11.1. The Morgan fingerprint density at radius 3 is 3.00 bits per heavy atom. The summed E-state index contributed by atoms with van der Waals surface area (Å²) in [6.45, 7) is 0.373. The van der Waals surface area contributed by atoms with Crippen LogP contribution in [0.25, 0.3) is 0 Å². The predicted molar refractivity (Wildman–Crippen MR) is 70.2 cm³/mol. The number of hydrogen-bond acceptors (Lipinski definition) is 3. The molecule has 2 rings (SSSR count). The molecule has 1 aromatic carbocycles. The first kappa shape index (κ1) is 14.0. The summed E-state index contributed by atoms with van der Waals surface area (Å²) in [6.07, 6.45) is 3.34. The summed E-state index contributed by atoms with van der Waals surface area (Å²) in [7, 11) is 1.69. The third-order valence-corrected chi connectivity index (χ3v) is 3.64. The number of carbonyl (C=O) groups is 1. The van der Waals surface area contributed by atoms with Gasteiger partial charge in [0.25, 0.3) is 0 Å². The molecule has 104 valence electrons. The van der Waals surface area contributed by atoms with Gasteiger partial charge in [0, 0.05) is 30.8 Å². The number of benzene rings is 1. The first-order valence-electron chi connectivity index (χ1n) is 6.46. The first-order valence-corrected chi connectivity index (χ1v) is 6.46. The Kier molecular flexibility index (Phi) is 4.50. The molecule has 0 heterocycles. The fraction of sp³-hybridized carbons (Fsp3) is 0.500. The minimum atomic E-state index is -0.545. The predicted octanol–water partition coefficient (Wildman–Crippen LogP) is 1.58. The van der Waals surface area contributed by atoms with E-state index in [1.807, 2.05) is 0 Å². The number of hydrogen-bond donors (Lipinski definition) is 2. The molecule has 0 radical (unpaired) electrons. The van der Waals surface area contributed by atoms with Gasteiger partial charge in [-0.2, -0.15) is 0 Å². The molecule has 0 aliphatic heterocycles. The number of primary amides is 1. The fourth-order valence-electron chi connectivity index (χ4n) is 2.55. The Balaban J connectivity index is 2.02. The van der Waals surface area contributed by atoms with Crippen molar-refractivity contribution in [1.82, 2.24) is 5.32 Å². The number of amides is 1. The number of methoxy groups -OCH3 is 1. The Labute approximate surface area is 112 Å². The van der Waals surface area contributed by atoms with Gasteiger partial charge in [-0.1, -0.05) is 0 Å². The molecular formula is C14H19FN2O2. The van der Waals surface area contributed by atoms with Gasteiger partial charge in [-0.05, 0) is 37.5 Å². The molecule has 1 amide bonds. The number of ether oxygens (including phenoxy) is 1. The van der Waals surface area contributed by atoms with E-state index < -0.39 is 5.91 Å². The molecule has 19 heavy (non-hydrogen) atoms. The first-order chi connectivity index (χ1) is 9.11. The topological polar surface area (TPSA) is 64.3 Å². The van der Waals surface area contributed by atoms with Crippen molar-refractivity contribution in [2.24, 2.45) is 5.73 Å². The van der Waals surface area contributed by atoms with Crippen molar-refractivity contribution in [2.75, 3.05) is 7.11 Å². The fourth-order valence-corrected chi connectivity index (χ4v) is 2.55. The summed E-state index contributed by atoms with van der Waals surface area (Å²) in [5.74, 6) is -0.874. The van der Waals surface area contributed by atoms with Crippen LogP contribution in [0.2, 0.25) is 0 Å². The van der Waals surface area contributed by atoms with Crippen molar-refractivity contribution in [3.05, 3.63) is 35.1 Å². The molecule has 0 aromatic heterocycles. The third-order valence-electron chi connectivity index (χ3n) is 3.64. The molecule has 1 saturated carbocycles. The van der Waals surface area contributed by atoms with Gasteiger partial charge in [0.2, 0.25) is 5.91 Å². The molecule has 1 aliphatic carbocycles. The molecule has 3 N–H and O–H groups in total. The molecule has 0 spiro atoms. The van der Waals surface area contributed by atoms with E-state index in [4.69, 9.17) is 10.5 Å². The molecule has 4 nitrogen and oxygen atoms in total. The molecule has 1 aliphatic rings. The Morgan fingerprint density at radius 1 is 1.53 bits per heavy atom. The highest BCUT2D eigenvalue weighted by Crippen LogP contribution is 2.22. The van der Waals surface area contributed by atoms with Gasteiger partial charge in [-0.25, -0.2) is 4.39 Å². The number of halogens is 1. The highest BCUT2D eigenvalue weighted by molar-refractivity contribution is 5.92. The summed E-state index contributed by atoms with van der Waals surface area (Å²) in [6, 6.07) is 4.41. The zero-order valence-corrected chi connectivity index (χ0v) is 11.0. The van der Waals surface area contributed by atoms with E-state index in [1.165, 1.54) is 18.2 Å². The summed E-state index contributed by atoms with van der Waals surface area (Å²) in [5, 5.41) is 3.29. The monoisotopic (exact) mass is 266 g/mol. The van der Waals surface area contributed by atoms with Crippen molar-refractivity contribution < 1.29 is 13.9 Å². The van der Waals surface area contributed by atoms with Gasteiger partial charge in [0.1, 0.15) is 5.82 Å². The quantitative estimate of drug-likeness (QED) is 0.850.